The fourth-order valence-corrected chi connectivity index (χ4v) is 3.36. The van der Waals surface area contributed by atoms with Crippen LogP contribution >= 0.6 is 22.6 Å². The highest BCUT2D eigenvalue weighted by Gasteiger charge is 2.16. The molecule has 0 saturated heterocycles. The summed E-state index contributed by atoms with van der Waals surface area (Å²) in [4.78, 5) is 12.6. The standard InChI is InChI=1S/C22H19FINO3/c1-2-27-20-12-16(22(26)25-18-10-6-9-17(23)13-18)11-19(24)21(20)28-14-15-7-4-3-5-8-15/h3-13H,2,14H2,1H3,(H,25,26). The fourth-order valence-electron chi connectivity index (χ4n) is 2.60. The zero-order chi connectivity index (χ0) is 19.9. The van der Waals surface area contributed by atoms with Crippen LogP contribution in [0.4, 0.5) is 10.1 Å². The highest BCUT2D eigenvalue weighted by atomic mass is 127. The number of hydrogen-bond donors (Lipinski definition) is 1. The highest BCUT2D eigenvalue weighted by molar-refractivity contribution is 14.1. The first-order valence-corrected chi connectivity index (χ1v) is 9.84. The summed E-state index contributed by atoms with van der Waals surface area (Å²) < 4.78 is 25.7. The van der Waals surface area contributed by atoms with Crippen LogP contribution in [0.2, 0.25) is 0 Å². The molecule has 0 aliphatic carbocycles. The third-order valence-electron chi connectivity index (χ3n) is 3.88. The minimum Gasteiger partial charge on any atom is -0.490 e. The van der Waals surface area contributed by atoms with Crippen LogP contribution in [-0.2, 0) is 6.61 Å². The number of amides is 1. The van der Waals surface area contributed by atoms with Gasteiger partial charge < -0.3 is 14.8 Å². The summed E-state index contributed by atoms with van der Waals surface area (Å²) in [6.07, 6.45) is 0. The Hall–Kier alpha value is -2.61. The smallest absolute Gasteiger partial charge is 0.255 e. The number of hydrogen-bond acceptors (Lipinski definition) is 3. The lowest BCUT2D eigenvalue weighted by Gasteiger charge is -2.15. The van der Waals surface area contributed by atoms with Crippen molar-refractivity contribution in [3.63, 3.8) is 0 Å². The number of ether oxygens (including phenoxy) is 2. The van der Waals surface area contributed by atoms with E-state index in [2.05, 4.69) is 27.9 Å². The number of anilines is 1. The molecule has 144 valence electrons. The molecule has 3 rings (SSSR count). The predicted octanol–water partition coefficient (Wildman–Crippen LogP) is 5.66. The SMILES string of the molecule is CCOc1cc(C(=O)Nc2cccc(F)c2)cc(I)c1OCc1ccccc1. The van der Waals surface area contributed by atoms with Gasteiger partial charge in [-0.1, -0.05) is 36.4 Å². The van der Waals surface area contributed by atoms with E-state index in [0.717, 1.165) is 9.13 Å². The summed E-state index contributed by atoms with van der Waals surface area (Å²) in [5.41, 5.74) is 1.83. The lowest BCUT2D eigenvalue weighted by Crippen LogP contribution is -2.13. The maximum Gasteiger partial charge on any atom is 0.255 e. The molecule has 0 unspecified atom stereocenters. The van der Waals surface area contributed by atoms with E-state index < -0.39 is 5.82 Å². The first-order chi connectivity index (χ1) is 13.6. The monoisotopic (exact) mass is 491 g/mol. The molecule has 3 aromatic carbocycles. The Balaban J connectivity index is 1.82. The summed E-state index contributed by atoms with van der Waals surface area (Å²) in [6.45, 7) is 2.70. The molecule has 1 N–H and O–H groups in total. The number of nitrogens with one attached hydrogen (secondary N) is 1. The second-order valence-corrected chi connectivity index (χ2v) is 7.12. The third-order valence-corrected chi connectivity index (χ3v) is 4.68. The molecule has 0 bridgehead atoms. The number of rotatable bonds is 7. The Kier molecular flexibility index (Phi) is 6.86. The molecular formula is C22H19FINO3. The average Bonchev–Trinajstić information content (AvgIpc) is 2.68. The highest BCUT2D eigenvalue weighted by Crippen LogP contribution is 2.35. The van der Waals surface area contributed by atoms with Crippen molar-refractivity contribution in [3.05, 3.63) is 87.2 Å². The zero-order valence-corrected chi connectivity index (χ0v) is 17.4. The van der Waals surface area contributed by atoms with Gasteiger partial charge >= 0.3 is 0 Å². The number of carbonyl (C=O) groups is 1. The van der Waals surface area contributed by atoms with Crippen LogP contribution in [0, 0.1) is 9.39 Å². The largest absolute Gasteiger partial charge is 0.490 e. The van der Waals surface area contributed by atoms with Crippen molar-refractivity contribution in [3.8, 4) is 11.5 Å². The van der Waals surface area contributed by atoms with Gasteiger partial charge in [-0.25, -0.2) is 4.39 Å². The lowest BCUT2D eigenvalue weighted by molar-refractivity contribution is 0.102. The van der Waals surface area contributed by atoms with Crippen molar-refractivity contribution < 1.29 is 18.7 Å². The molecular weight excluding hydrogens is 472 g/mol. The molecule has 0 aliphatic rings. The van der Waals surface area contributed by atoms with Gasteiger partial charge in [0.05, 0.1) is 10.2 Å². The quantitative estimate of drug-likeness (QED) is 0.434. The van der Waals surface area contributed by atoms with Crippen molar-refractivity contribution in [2.24, 2.45) is 0 Å². The van der Waals surface area contributed by atoms with Gasteiger partial charge in [-0.3, -0.25) is 4.79 Å². The molecule has 0 radical (unpaired) electrons. The molecule has 0 atom stereocenters. The molecule has 6 heteroatoms. The van der Waals surface area contributed by atoms with Crippen molar-refractivity contribution in [1.82, 2.24) is 0 Å². The van der Waals surface area contributed by atoms with Crippen molar-refractivity contribution in [2.75, 3.05) is 11.9 Å². The molecule has 1 amide bonds. The minimum absolute atomic E-state index is 0.348. The molecule has 0 spiro atoms. The van der Waals surface area contributed by atoms with Crippen LogP contribution in [-0.4, -0.2) is 12.5 Å². The van der Waals surface area contributed by atoms with Crippen LogP contribution in [0.25, 0.3) is 0 Å². The van der Waals surface area contributed by atoms with Gasteiger partial charge in [-0.2, -0.15) is 0 Å². The van der Waals surface area contributed by atoms with E-state index in [1.807, 2.05) is 37.3 Å². The van der Waals surface area contributed by atoms with Gasteiger partial charge in [0.15, 0.2) is 11.5 Å². The topological polar surface area (TPSA) is 47.6 Å². The van der Waals surface area contributed by atoms with Crippen molar-refractivity contribution in [2.45, 2.75) is 13.5 Å². The van der Waals surface area contributed by atoms with Crippen LogP contribution < -0.4 is 14.8 Å². The molecule has 0 heterocycles. The van der Waals surface area contributed by atoms with Gasteiger partial charge in [0, 0.05) is 11.3 Å². The molecule has 0 aromatic heterocycles. The molecule has 28 heavy (non-hydrogen) atoms. The number of carbonyl (C=O) groups excluding carboxylic acids is 1. The van der Waals surface area contributed by atoms with Crippen molar-refractivity contribution in [1.29, 1.82) is 0 Å². The first kappa shape index (κ1) is 20.1. The number of benzene rings is 3. The van der Waals surface area contributed by atoms with E-state index in [9.17, 15) is 9.18 Å². The van der Waals surface area contributed by atoms with E-state index in [0.29, 0.717) is 36.0 Å². The second kappa shape index (κ2) is 9.54. The fraction of sp³-hybridized carbons (Fsp3) is 0.136. The van der Waals surface area contributed by atoms with E-state index in [1.54, 1.807) is 24.3 Å². The Morgan fingerprint density at radius 3 is 2.54 bits per heavy atom. The Morgan fingerprint density at radius 1 is 1.04 bits per heavy atom. The third kappa shape index (κ3) is 5.22. The minimum atomic E-state index is -0.410. The van der Waals surface area contributed by atoms with E-state index >= 15 is 0 Å². The van der Waals surface area contributed by atoms with E-state index in [1.165, 1.54) is 12.1 Å². The molecule has 0 fully saturated rings. The Labute approximate surface area is 176 Å². The molecule has 0 aliphatic heterocycles. The maximum atomic E-state index is 13.3. The van der Waals surface area contributed by atoms with E-state index in [-0.39, 0.29) is 5.91 Å². The Morgan fingerprint density at radius 2 is 1.82 bits per heavy atom. The Bertz CT molecular complexity index is 963. The van der Waals surface area contributed by atoms with Crippen LogP contribution in [0.15, 0.2) is 66.7 Å². The summed E-state index contributed by atoms with van der Waals surface area (Å²) >= 11 is 2.12. The van der Waals surface area contributed by atoms with Crippen LogP contribution in [0.3, 0.4) is 0 Å². The van der Waals surface area contributed by atoms with Gasteiger partial charge in [-0.15, -0.1) is 0 Å². The zero-order valence-electron chi connectivity index (χ0n) is 15.2. The predicted molar refractivity (Wildman–Crippen MR) is 115 cm³/mol. The van der Waals surface area contributed by atoms with Crippen LogP contribution in [0.1, 0.15) is 22.8 Å². The summed E-state index contributed by atoms with van der Waals surface area (Å²) in [7, 11) is 0. The molecule has 4 nitrogen and oxygen atoms in total. The number of halogens is 2. The molecule has 3 aromatic rings. The first-order valence-electron chi connectivity index (χ1n) is 8.77. The van der Waals surface area contributed by atoms with Gasteiger partial charge in [0.1, 0.15) is 12.4 Å². The summed E-state index contributed by atoms with van der Waals surface area (Å²) in [5, 5.41) is 2.69. The maximum absolute atomic E-state index is 13.3. The van der Waals surface area contributed by atoms with Gasteiger partial charge in [0.2, 0.25) is 0 Å². The van der Waals surface area contributed by atoms with E-state index in [4.69, 9.17) is 9.47 Å². The summed E-state index contributed by atoms with van der Waals surface area (Å²) in [5.74, 6) is 0.328. The molecule has 0 saturated carbocycles. The normalized spacial score (nSPS) is 10.4. The van der Waals surface area contributed by atoms with Gasteiger partial charge in [0.25, 0.3) is 5.91 Å². The van der Waals surface area contributed by atoms with Gasteiger partial charge in [-0.05, 0) is 65.4 Å². The lowest BCUT2D eigenvalue weighted by atomic mass is 10.1. The summed E-state index contributed by atoms with van der Waals surface area (Å²) in [6, 6.07) is 18.9. The van der Waals surface area contributed by atoms with Crippen molar-refractivity contribution >= 4 is 34.2 Å². The second-order valence-electron chi connectivity index (χ2n) is 5.96. The van der Waals surface area contributed by atoms with Crippen LogP contribution in [0.5, 0.6) is 11.5 Å². The average molecular weight is 491 g/mol.